The molecular formula is C17H22N4O2. The Hall–Kier alpha value is -2.18. The molecule has 0 atom stereocenters. The zero-order chi connectivity index (χ0) is 16.2. The molecule has 0 unspecified atom stereocenters. The van der Waals surface area contributed by atoms with Crippen LogP contribution in [0.15, 0.2) is 30.3 Å². The number of nitrogens with zero attached hydrogens (tertiary/aromatic N) is 3. The van der Waals surface area contributed by atoms with Gasteiger partial charge in [0, 0.05) is 38.3 Å². The fourth-order valence-electron chi connectivity index (χ4n) is 2.79. The number of aromatic amines is 1. The van der Waals surface area contributed by atoms with Crippen LogP contribution < -0.4 is 0 Å². The molecule has 6 heteroatoms. The van der Waals surface area contributed by atoms with E-state index in [-0.39, 0.29) is 12.5 Å². The highest BCUT2D eigenvalue weighted by atomic mass is 16.3. The van der Waals surface area contributed by atoms with E-state index in [0.29, 0.717) is 25.3 Å². The van der Waals surface area contributed by atoms with E-state index in [2.05, 4.69) is 15.1 Å². The van der Waals surface area contributed by atoms with Crippen LogP contribution in [0.4, 0.5) is 0 Å². The maximum absolute atomic E-state index is 12.5. The molecule has 0 saturated carbocycles. The standard InChI is InChI=1S/C17H22N4O2/c1-13-2-4-14(5-3-13)15-12-16(19-18-15)17(23)21-8-6-20(7-9-21)10-11-22/h2-5,12,22H,6-11H2,1H3,(H,18,19). The first kappa shape index (κ1) is 15.7. The average Bonchev–Trinajstić information content (AvgIpc) is 3.06. The number of aryl methyl sites for hydroxylation is 1. The Labute approximate surface area is 135 Å². The van der Waals surface area contributed by atoms with Gasteiger partial charge in [-0.15, -0.1) is 0 Å². The molecule has 1 amide bonds. The van der Waals surface area contributed by atoms with Crippen molar-refractivity contribution in [3.8, 4) is 11.3 Å². The molecule has 2 heterocycles. The molecule has 2 N–H and O–H groups in total. The number of aliphatic hydroxyl groups is 1. The van der Waals surface area contributed by atoms with E-state index in [1.165, 1.54) is 5.56 Å². The number of piperazine rings is 1. The minimum atomic E-state index is -0.0143. The highest BCUT2D eigenvalue weighted by Gasteiger charge is 2.23. The van der Waals surface area contributed by atoms with Crippen molar-refractivity contribution in [2.45, 2.75) is 6.92 Å². The lowest BCUT2D eigenvalue weighted by atomic mass is 10.1. The second-order valence-corrected chi connectivity index (χ2v) is 5.89. The van der Waals surface area contributed by atoms with Crippen molar-refractivity contribution in [2.75, 3.05) is 39.3 Å². The number of rotatable bonds is 4. The van der Waals surface area contributed by atoms with Gasteiger partial charge in [0.1, 0.15) is 5.69 Å². The third-order valence-corrected chi connectivity index (χ3v) is 4.23. The fraction of sp³-hybridized carbons (Fsp3) is 0.412. The number of aromatic nitrogens is 2. The van der Waals surface area contributed by atoms with E-state index in [1.54, 1.807) is 0 Å². The van der Waals surface area contributed by atoms with Crippen LogP contribution in [-0.4, -0.2) is 70.3 Å². The second-order valence-electron chi connectivity index (χ2n) is 5.89. The molecule has 23 heavy (non-hydrogen) atoms. The largest absolute Gasteiger partial charge is 0.395 e. The number of carbonyl (C=O) groups excluding carboxylic acids is 1. The Morgan fingerprint density at radius 2 is 1.91 bits per heavy atom. The first-order chi connectivity index (χ1) is 11.2. The van der Waals surface area contributed by atoms with Crippen LogP contribution in [0, 0.1) is 6.92 Å². The van der Waals surface area contributed by atoms with Crippen LogP contribution in [-0.2, 0) is 0 Å². The molecule has 1 saturated heterocycles. The van der Waals surface area contributed by atoms with Crippen molar-refractivity contribution in [3.05, 3.63) is 41.6 Å². The molecule has 0 radical (unpaired) electrons. The maximum Gasteiger partial charge on any atom is 0.271 e. The number of β-amino-alcohol motifs (C(OH)–C–C–N with tert-alkyl or cyclic N) is 1. The molecule has 0 aliphatic carbocycles. The minimum Gasteiger partial charge on any atom is -0.395 e. The first-order valence-electron chi connectivity index (χ1n) is 7.92. The monoisotopic (exact) mass is 314 g/mol. The van der Waals surface area contributed by atoms with Gasteiger partial charge >= 0.3 is 0 Å². The van der Waals surface area contributed by atoms with Gasteiger partial charge in [-0.25, -0.2) is 0 Å². The zero-order valence-corrected chi connectivity index (χ0v) is 13.3. The second kappa shape index (κ2) is 6.93. The van der Waals surface area contributed by atoms with Crippen molar-refractivity contribution >= 4 is 5.91 Å². The van der Waals surface area contributed by atoms with Crippen LogP contribution in [0.25, 0.3) is 11.3 Å². The van der Waals surface area contributed by atoms with Crippen LogP contribution >= 0.6 is 0 Å². The molecule has 2 aromatic rings. The average molecular weight is 314 g/mol. The van der Waals surface area contributed by atoms with Gasteiger partial charge in [-0.1, -0.05) is 29.8 Å². The summed E-state index contributed by atoms with van der Waals surface area (Å²) < 4.78 is 0. The highest BCUT2D eigenvalue weighted by Crippen LogP contribution is 2.19. The number of aliphatic hydroxyl groups excluding tert-OH is 1. The number of benzene rings is 1. The molecule has 0 bridgehead atoms. The molecule has 1 aliphatic rings. The summed E-state index contributed by atoms with van der Waals surface area (Å²) >= 11 is 0. The molecular weight excluding hydrogens is 292 g/mol. The number of nitrogens with one attached hydrogen (secondary N) is 1. The minimum absolute atomic E-state index is 0.0143. The van der Waals surface area contributed by atoms with Gasteiger partial charge in [0.25, 0.3) is 5.91 Å². The van der Waals surface area contributed by atoms with E-state index in [0.717, 1.165) is 24.3 Å². The Kier molecular flexibility index (Phi) is 4.73. The summed E-state index contributed by atoms with van der Waals surface area (Å²) in [5.41, 5.74) is 3.50. The number of hydrogen-bond donors (Lipinski definition) is 2. The van der Waals surface area contributed by atoms with E-state index < -0.39 is 0 Å². The Morgan fingerprint density at radius 3 is 2.57 bits per heavy atom. The molecule has 1 aliphatic heterocycles. The summed E-state index contributed by atoms with van der Waals surface area (Å²) in [5.74, 6) is -0.0143. The molecule has 1 aromatic carbocycles. The number of carbonyl (C=O) groups is 1. The predicted octanol–water partition coefficient (Wildman–Crippen LogP) is 1.14. The summed E-state index contributed by atoms with van der Waals surface area (Å²) in [4.78, 5) is 16.5. The van der Waals surface area contributed by atoms with E-state index in [4.69, 9.17) is 5.11 Å². The molecule has 122 valence electrons. The van der Waals surface area contributed by atoms with Crippen molar-refractivity contribution < 1.29 is 9.90 Å². The molecule has 1 fully saturated rings. The smallest absolute Gasteiger partial charge is 0.271 e. The summed E-state index contributed by atoms with van der Waals surface area (Å²) in [6, 6.07) is 9.89. The van der Waals surface area contributed by atoms with Gasteiger partial charge in [0.2, 0.25) is 0 Å². The molecule has 6 nitrogen and oxygen atoms in total. The van der Waals surface area contributed by atoms with E-state index in [9.17, 15) is 4.79 Å². The zero-order valence-electron chi connectivity index (χ0n) is 13.3. The van der Waals surface area contributed by atoms with Gasteiger partial charge < -0.3 is 10.0 Å². The van der Waals surface area contributed by atoms with Crippen molar-refractivity contribution in [1.82, 2.24) is 20.0 Å². The summed E-state index contributed by atoms with van der Waals surface area (Å²) in [5, 5.41) is 16.1. The molecule has 1 aromatic heterocycles. The Morgan fingerprint density at radius 1 is 1.22 bits per heavy atom. The van der Waals surface area contributed by atoms with Gasteiger partial charge in [0.15, 0.2) is 0 Å². The van der Waals surface area contributed by atoms with Crippen molar-refractivity contribution in [3.63, 3.8) is 0 Å². The van der Waals surface area contributed by atoms with Crippen LogP contribution in [0.1, 0.15) is 16.1 Å². The van der Waals surface area contributed by atoms with Gasteiger partial charge in [-0.3, -0.25) is 14.8 Å². The maximum atomic E-state index is 12.5. The molecule has 3 rings (SSSR count). The van der Waals surface area contributed by atoms with Crippen molar-refractivity contribution in [2.24, 2.45) is 0 Å². The summed E-state index contributed by atoms with van der Waals surface area (Å²) in [6.45, 7) is 5.82. The topological polar surface area (TPSA) is 72.5 Å². The lowest BCUT2D eigenvalue weighted by molar-refractivity contribution is 0.0609. The van der Waals surface area contributed by atoms with Gasteiger partial charge in [-0.2, -0.15) is 5.10 Å². The number of amides is 1. The van der Waals surface area contributed by atoms with Crippen molar-refractivity contribution in [1.29, 1.82) is 0 Å². The van der Waals surface area contributed by atoms with E-state index in [1.807, 2.05) is 42.2 Å². The Bertz CT molecular complexity index is 657. The predicted molar refractivity (Wildman–Crippen MR) is 88.2 cm³/mol. The summed E-state index contributed by atoms with van der Waals surface area (Å²) in [6.07, 6.45) is 0. The number of hydrogen-bond acceptors (Lipinski definition) is 4. The fourth-order valence-corrected chi connectivity index (χ4v) is 2.79. The van der Waals surface area contributed by atoms with Gasteiger partial charge in [0.05, 0.1) is 12.3 Å². The Balaban J connectivity index is 1.66. The SMILES string of the molecule is Cc1ccc(-c2cc(C(=O)N3CCN(CCO)CC3)[nH]n2)cc1. The van der Waals surface area contributed by atoms with E-state index >= 15 is 0 Å². The van der Waals surface area contributed by atoms with Crippen LogP contribution in [0.3, 0.4) is 0 Å². The third kappa shape index (κ3) is 3.60. The molecule has 0 spiro atoms. The van der Waals surface area contributed by atoms with Crippen LogP contribution in [0.2, 0.25) is 0 Å². The lowest BCUT2D eigenvalue weighted by Crippen LogP contribution is -2.49. The number of H-pyrrole nitrogens is 1. The highest BCUT2D eigenvalue weighted by molar-refractivity contribution is 5.93. The first-order valence-corrected chi connectivity index (χ1v) is 7.92. The third-order valence-electron chi connectivity index (χ3n) is 4.23. The lowest BCUT2D eigenvalue weighted by Gasteiger charge is -2.34. The van der Waals surface area contributed by atoms with Gasteiger partial charge in [-0.05, 0) is 13.0 Å². The van der Waals surface area contributed by atoms with Crippen LogP contribution in [0.5, 0.6) is 0 Å². The summed E-state index contributed by atoms with van der Waals surface area (Å²) in [7, 11) is 0. The quantitative estimate of drug-likeness (QED) is 0.887. The normalized spacial score (nSPS) is 15.8.